The Hall–Kier alpha value is -2.11. The number of likely N-dealkylation sites (N-methyl/N-ethyl adjacent to an activating group) is 1. The molecule has 0 aliphatic heterocycles. The first-order valence-corrected chi connectivity index (χ1v) is 8.60. The monoisotopic (exact) mass is 379 g/mol. The molecule has 0 unspecified atom stereocenters. The Bertz CT molecular complexity index is 772. The van der Waals surface area contributed by atoms with Crippen LogP contribution in [-0.4, -0.2) is 36.5 Å². The minimum Gasteiger partial charge on any atom is -0.426 e. The summed E-state index contributed by atoms with van der Waals surface area (Å²) in [4.78, 5) is 25.2. The molecule has 2 aromatic rings. The highest BCUT2D eigenvalue weighted by molar-refractivity contribution is 5.98. The molecule has 0 radical (unpaired) electrons. The van der Waals surface area contributed by atoms with E-state index in [1.165, 1.54) is 13.8 Å². The number of rotatable bonds is 7. The molecule has 0 aromatic heterocycles. The summed E-state index contributed by atoms with van der Waals surface area (Å²) in [7, 11) is 0. The summed E-state index contributed by atoms with van der Waals surface area (Å²) in [5.41, 5.74) is 1.06. The number of benzene rings is 2. The second kappa shape index (κ2) is 10.1. The molecule has 6 heteroatoms. The van der Waals surface area contributed by atoms with Crippen molar-refractivity contribution in [2.45, 2.75) is 34.1 Å². The molecule has 26 heavy (non-hydrogen) atoms. The van der Waals surface area contributed by atoms with Gasteiger partial charge in [-0.1, -0.05) is 32.0 Å². The van der Waals surface area contributed by atoms with E-state index < -0.39 is 0 Å². The molecule has 142 valence electrons. The molecular weight excluding hydrogens is 354 g/mol. The molecule has 0 spiro atoms. The molecule has 0 heterocycles. The van der Waals surface area contributed by atoms with Crippen LogP contribution >= 0.6 is 12.4 Å². The smallest absolute Gasteiger partial charge is 0.308 e. The second-order valence-electron chi connectivity index (χ2n) is 5.87. The lowest BCUT2D eigenvalue weighted by Gasteiger charge is -2.19. The lowest BCUT2D eigenvalue weighted by molar-refractivity contribution is -0.132. The van der Waals surface area contributed by atoms with Gasteiger partial charge >= 0.3 is 11.9 Å². The van der Waals surface area contributed by atoms with E-state index in [4.69, 9.17) is 9.47 Å². The van der Waals surface area contributed by atoms with Gasteiger partial charge in [-0.3, -0.25) is 9.59 Å². The van der Waals surface area contributed by atoms with Gasteiger partial charge in [0, 0.05) is 31.2 Å². The Balaban J connectivity index is 0.00000338. The van der Waals surface area contributed by atoms with Crippen molar-refractivity contribution in [2.24, 2.45) is 0 Å². The van der Waals surface area contributed by atoms with Crippen LogP contribution in [0.3, 0.4) is 0 Å². The summed E-state index contributed by atoms with van der Waals surface area (Å²) < 4.78 is 10.7. The van der Waals surface area contributed by atoms with Crippen LogP contribution < -0.4 is 9.47 Å². The maximum atomic E-state index is 11.5. The highest BCUT2D eigenvalue weighted by Gasteiger charge is 2.15. The van der Waals surface area contributed by atoms with Crippen LogP contribution in [0.2, 0.25) is 0 Å². The molecule has 2 rings (SSSR count). The highest BCUT2D eigenvalue weighted by atomic mass is 35.5. The van der Waals surface area contributed by atoms with Gasteiger partial charge in [0.15, 0.2) is 0 Å². The molecular formula is C20H26ClNO4. The van der Waals surface area contributed by atoms with E-state index in [9.17, 15) is 9.59 Å². The van der Waals surface area contributed by atoms with E-state index in [-0.39, 0.29) is 24.3 Å². The van der Waals surface area contributed by atoms with Crippen LogP contribution in [0.5, 0.6) is 11.5 Å². The summed E-state index contributed by atoms with van der Waals surface area (Å²) in [5.74, 6) is 0.215. The van der Waals surface area contributed by atoms with Gasteiger partial charge in [0.1, 0.15) is 11.5 Å². The predicted molar refractivity (Wildman–Crippen MR) is 105 cm³/mol. The Morgan fingerprint density at radius 3 is 2.12 bits per heavy atom. The quantitative estimate of drug-likeness (QED) is 0.537. The van der Waals surface area contributed by atoms with Gasteiger partial charge < -0.3 is 14.4 Å². The molecule has 0 aliphatic carbocycles. The third kappa shape index (κ3) is 5.44. The van der Waals surface area contributed by atoms with Crippen molar-refractivity contribution in [3.8, 4) is 11.5 Å². The number of halogens is 1. The summed E-state index contributed by atoms with van der Waals surface area (Å²) in [6.07, 6.45) is 0.816. The van der Waals surface area contributed by atoms with Gasteiger partial charge in [-0.15, -0.1) is 12.4 Å². The van der Waals surface area contributed by atoms with Crippen LogP contribution in [0.25, 0.3) is 10.8 Å². The zero-order valence-corrected chi connectivity index (χ0v) is 16.5. The summed E-state index contributed by atoms with van der Waals surface area (Å²) in [5, 5.41) is 1.59. The molecule has 0 fully saturated rings. The lowest BCUT2D eigenvalue weighted by atomic mass is 10.00. The van der Waals surface area contributed by atoms with Gasteiger partial charge in [-0.25, -0.2) is 0 Å². The molecule has 0 atom stereocenters. The van der Waals surface area contributed by atoms with Crippen molar-refractivity contribution < 1.29 is 19.1 Å². The molecule has 2 aromatic carbocycles. The van der Waals surface area contributed by atoms with E-state index in [1.807, 2.05) is 12.1 Å². The normalized spacial score (nSPS) is 10.5. The van der Waals surface area contributed by atoms with Crippen molar-refractivity contribution in [1.29, 1.82) is 0 Å². The predicted octanol–water partition coefficient (Wildman–Crippen LogP) is 4.00. The number of nitrogens with zero attached hydrogens (tertiary/aromatic N) is 1. The molecule has 5 nitrogen and oxygen atoms in total. The molecule has 0 aliphatic rings. The van der Waals surface area contributed by atoms with Crippen molar-refractivity contribution in [2.75, 3.05) is 19.6 Å². The fourth-order valence-electron chi connectivity index (χ4n) is 2.93. The Morgan fingerprint density at radius 2 is 1.54 bits per heavy atom. The summed E-state index contributed by atoms with van der Waals surface area (Å²) in [6, 6.07) is 9.18. The molecule has 0 saturated heterocycles. The standard InChI is InChI=1S/C20H25NO4.ClH/c1-5-21(6-2)13-12-16-10-11-18(24-14(3)22)17-8-7-9-19(20(16)17)25-15(4)23;/h7-11H,5-6,12-13H2,1-4H3;1H. The summed E-state index contributed by atoms with van der Waals surface area (Å²) in [6.45, 7) is 9.89. The zero-order valence-electron chi connectivity index (χ0n) is 15.7. The Kier molecular flexibility index (Phi) is 8.55. The molecule has 0 saturated carbocycles. The number of hydrogen-bond donors (Lipinski definition) is 0. The van der Waals surface area contributed by atoms with E-state index in [1.54, 1.807) is 18.2 Å². The SMILES string of the molecule is CCN(CC)CCc1ccc(OC(C)=O)c2cccc(OC(C)=O)c12.Cl. The van der Waals surface area contributed by atoms with Crippen LogP contribution in [0.15, 0.2) is 30.3 Å². The topological polar surface area (TPSA) is 55.8 Å². The van der Waals surface area contributed by atoms with E-state index in [0.29, 0.717) is 11.5 Å². The molecule has 0 N–H and O–H groups in total. The first-order valence-electron chi connectivity index (χ1n) is 8.60. The third-order valence-corrected chi connectivity index (χ3v) is 4.15. The van der Waals surface area contributed by atoms with Gasteiger partial charge in [-0.05, 0) is 37.2 Å². The highest BCUT2D eigenvalue weighted by Crippen LogP contribution is 2.35. The van der Waals surface area contributed by atoms with Crippen molar-refractivity contribution in [1.82, 2.24) is 4.90 Å². The average molecular weight is 380 g/mol. The maximum Gasteiger partial charge on any atom is 0.308 e. The van der Waals surface area contributed by atoms with Crippen LogP contribution in [0, 0.1) is 0 Å². The summed E-state index contributed by atoms with van der Waals surface area (Å²) >= 11 is 0. The Labute approximate surface area is 160 Å². The van der Waals surface area contributed by atoms with Crippen LogP contribution in [-0.2, 0) is 16.0 Å². The van der Waals surface area contributed by atoms with Crippen molar-refractivity contribution in [3.63, 3.8) is 0 Å². The molecule has 0 amide bonds. The number of carbonyl (C=O) groups excluding carboxylic acids is 2. The number of fused-ring (bicyclic) bond motifs is 1. The zero-order chi connectivity index (χ0) is 18.4. The minimum absolute atomic E-state index is 0. The van der Waals surface area contributed by atoms with Gasteiger partial charge in [0.2, 0.25) is 0 Å². The first-order chi connectivity index (χ1) is 12.0. The number of carbonyl (C=O) groups is 2. The van der Waals surface area contributed by atoms with Crippen LogP contribution in [0.1, 0.15) is 33.3 Å². The fourth-order valence-corrected chi connectivity index (χ4v) is 2.93. The number of esters is 2. The van der Waals surface area contributed by atoms with E-state index in [0.717, 1.165) is 42.4 Å². The average Bonchev–Trinajstić information content (AvgIpc) is 2.56. The second-order valence-corrected chi connectivity index (χ2v) is 5.87. The minimum atomic E-state index is -0.380. The lowest BCUT2D eigenvalue weighted by Crippen LogP contribution is -2.25. The fraction of sp³-hybridized carbons (Fsp3) is 0.400. The van der Waals surface area contributed by atoms with Crippen molar-refractivity contribution in [3.05, 3.63) is 35.9 Å². The largest absolute Gasteiger partial charge is 0.426 e. The van der Waals surface area contributed by atoms with Crippen molar-refractivity contribution >= 4 is 35.1 Å². The maximum absolute atomic E-state index is 11.5. The van der Waals surface area contributed by atoms with Crippen LogP contribution in [0.4, 0.5) is 0 Å². The van der Waals surface area contributed by atoms with E-state index >= 15 is 0 Å². The van der Waals surface area contributed by atoms with E-state index in [2.05, 4.69) is 18.7 Å². The van der Waals surface area contributed by atoms with Gasteiger partial charge in [0.25, 0.3) is 0 Å². The molecule has 0 bridgehead atoms. The van der Waals surface area contributed by atoms with Gasteiger partial charge in [0.05, 0.1) is 0 Å². The van der Waals surface area contributed by atoms with Gasteiger partial charge in [-0.2, -0.15) is 0 Å². The number of ether oxygens (including phenoxy) is 2. The Morgan fingerprint density at radius 1 is 0.923 bits per heavy atom. The third-order valence-electron chi connectivity index (χ3n) is 4.15. The first kappa shape index (κ1) is 21.9. The number of hydrogen-bond acceptors (Lipinski definition) is 5.